The van der Waals surface area contributed by atoms with Crippen LogP contribution in [0.1, 0.15) is 23.7 Å². The van der Waals surface area contributed by atoms with E-state index in [4.69, 9.17) is 0 Å². The largest absolute Gasteiger partial charge is 0.338 e. The molecule has 21 heavy (non-hydrogen) atoms. The molecule has 0 spiro atoms. The zero-order valence-corrected chi connectivity index (χ0v) is 13.4. The van der Waals surface area contributed by atoms with E-state index in [2.05, 4.69) is 6.92 Å². The van der Waals surface area contributed by atoms with Gasteiger partial charge in [-0.05, 0) is 30.2 Å². The Hall–Kier alpha value is -1.55. The van der Waals surface area contributed by atoms with Crippen LogP contribution in [0.2, 0.25) is 0 Å². The van der Waals surface area contributed by atoms with Crippen molar-refractivity contribution in [1.82, 2.24) is 4.90 Å². The molecule has 0 bridgehead atoms. The molecular weight excluding hydrogens is 285 g/mol. The first-order valence-electron chi connectivity index (χ1n) is 7.03. The number of hydrogen-bond donors (Lipinski definition) is 0. The van der Waals surface area contributed by atoms with Gasteiger partial charge in [-0.3, -0.25) is 4.79 Å². The lowest BCUT2D eigenvalue weighted by atomic mass is 10.0. The zero-order valence-electron chi connectivity index (χ0n) is 12.6. The van der Waals surface area contributed by atoms with Crippen LogP contribution in [0.25, 0.3) is 10.8 Å². The van der Waals surface area contributed by atoms with Gasteiger partial charge in [0.1, 0.15) is 5.82 Å². The van der Waals surface area contributed by atoms with E-state index in [-0.39, 0.29) is 17.8 Å². The lowest BCUT2D eigenvalue weighted by molar-refractivity contribution is 0.0745. The molecule has 0 aliphatic rings. The number of nitrogens with zero attached hydrogens (tertiary/aromatic N) is 1. The normalized spacial score (nSPS) is 12.4. The van der Waals surface area contributed by atoms with Crippen LogP contribution in [0.4, 0.5) is 4.39 Å². The first-order chi connectivity index (χ1) is 10.1. The van der Waals surface area contributed by atoms with Crippen LogP contribution in [0.5, 0.6) is 0 Å². The van der Waals surface area contributed by atoms with E-state index in [0.717, 1.165) is 12.2 Å². The number of rotatable bonds is 5. The molecule has 0 fully saturated rings. The smallest absolute Gasteiger partial charge is 0.254 e. The molecule has 0 aliphatic heterocycles. The molecule has 0 aliphatic carbocycles. The van der Waals surface area contributed by atoms with Crippen molar-refractivity contribution in [1.29, 1.82) is 0 Å². The predicted molar refractivity (Wildman–Crippen MR) is 88.5 cm³/mol. The molecule has 0 saturated heterocycles. The fraction of sp³-hybridized carbons (Fsp3) is 0.353. The zero-order chi connectivity index (χ0) is 15.4. The number of halogens is 1. The third-order valence-electron chi connectivity index (χ3n) is 3.80. The summed E-state index contributed by atoms with van der Waals surface area (Å²) in [5.41, 5.74) is 0.564. The van der Waals surface area contributed by atoms with Crippen molar-refractivity contribution in [3.05, 3.63) is 47.8 Å². The van der Waals surface area contributed by atoms with Crippen molar-refractivity contribution in [3.63, 3.8) is 0 Å². The van der Waals surface area contributed by atoms with Gasteiger partial charge in [-0.1, -0.05) is 31.2 Å². The maximum Gasteiger partial charge on any atom is 0.254 e. The Balaban J connectivity index is 2.42. The molecule has 1 amide bonds. The van der Waals surface area contributed by atoms with Gasteiger partial charge in [0.2, 0.25) is 0 Å². The van der Waals surface area contributed by atoms with Crippen LogP contribution in [-0.4, -0.2) is 35.9 Å². The Bertz CT molecular complexity index is 644. The summed E-state index contributed by atoms with van der Waals surface area (Å²) in [7, 11) is 1.82. The summed E-state index contributed by atoms with van der Waals surface area (Å²) in [6.07, 6.45) is 2.94. The monoisotopic (exact) mass is 305 g/mol. The molecule has 2 nitrogen and oxygen atoms in total. The Labute approximate surface area is 129 Å². The average Bonchev–Trinajstić information content (AvgIpc) is 2.52. The number of fused-ring (bicyclic) bond motifs is 1. The molecule has 0 aromatic heterocycles. The van der Waals surface area contributed by atoms with Crippen molar-refractivity contribution in [3.8, 4) is 0 Å². The molecule has 0 radical (unpaired) electrons. The predicted octanol–water partition coefficient (Wildman–Crippen LogP) is 4.19. The van der Waals surface area contributed by atoms with E-state index in [1.807, 2.05) is 19.4 Å². The molecule has 4 heteroatoms. The van der Waals surface area contributed by atoms with Crippen LogP contribution in [-0.2, 0) is 0 Å². The Morgan fingerprint density at radius 2 is 1.90 bits per heavy atom. The number of carbonyl (C=O) groups is 1. The van der Waals surface area contributed by atoms with Crippen molar-refractivity contribution in [2.45, 2.75) is 19.4 Å². The second kappa shape index (κ2) is 6.94. The van der Waals surface area contributed by atoms with Crippen LogP contribution < -0.4 is 0 Å². The Morgan fingerprint density at radius 1 is 1.24 bits per heavy atom. The molecule has 1 atom stereocenters. The minimum Gasteiger partial charge on any atom is -0.338 e. The third-order valence-corrected chi connectivity index (χ3v) is 4.52. The number of hydrogen-bond acceptors (Lipinski definition) is 2. The second-order valence-electron chi connectivity index (χ2n) is 5.07. The molecule has 2 aromatic rings. The van der Waals surface area contributed by atoms with E-state index in [1.165, 1.54) is 6.07 Å². The fourth-order valence-electron chi connectivity index (χ4n) is 2.50. The summed E-state index contributed by atoms with van der Waals surface area (Å²) in [4.78, 5) is 14.5. The number of benzene rings is 2. The number of thioether (sulfide) groups is 1. The summed E-state index contributed by atoms with van der Waals surface area (Å²) in [6, 6.07) is 10.3. The van der Waals surface area contributed by atoms with Crippen molar-refractivity contribution < 1.29 is 9.18 Å². The summed E-state index contributed by atoms with van der Waals surface area (Å²) in [5, 5.41) is 1.17. The lowest BCUT2D eigenvalue weighted by Gasteiger charge is -2.27. The van der Waals surface area contributed by atoms with E-state index in [1.54, 1.807) is 40.9 Å². The van der Waals surface area contributed by atoms with Gasteiger partial charge in [-0.25, -0.2) is 4.39 Å². The number of carbonyl (C=O) groups excluding carboxylic acids is 1. The molecule has 0 N–H and O–H groups in total. The topological polar surface area (TPSA) is 20.3 Å². The van der Waals surface area contributed by atoms with Gasteiger partial charge in [-0.2, -0.15) is 11.8 Å². The standard InChI is InChI=1S/C17H20FNOS/c1-4-12(11-21-3)19(2)17(20)15-9-10-16(18)14-8-6-5-7-13(14)15/h5-10,12H,4,11H2,1-3H3. The molecule has 0 heterocycles. The summed E-state index contributed by atoms with van der Waals surface area (Å²) in [5.74, 6) is 0.561. The highest BCUT2D eigenvalue weighted by Gasteiger charge is 2.21. The van der Waals surface area contributed by atoms with Crippen LogP contribution in [0, 0.1) is 5.82 Å². The van der Waals surface area contributed by atoms with Crippen LogP contribution in [0.3, 0.4) is 0 Å². The molecular formula is C17H20FNOS. The second-order valence-corrected chi connectivity index (χ2v) is 5.98. The molecule has 2 aromatic carbocycles. The summed E-state index contributed by atoms with van der Waals surface area (Å²) >= 11 is 1.73. The van der Waals surface area contributed by atoms with E-state index in [0.29, 0.717) is 16.3 Å². The quantitative estimate of drug-likeness (QED) is 0.825. The minimum atomic E-state index is -0.291. The number of amides is 1. The van der Waals surface area contributed by atoms with Gasteiger partial charge >= 0.3 is 0 Å². The molecule has 1 unspecified atom stereocenters. The van der Waals surface area contributed by atoms with Gasteiger partial charge in [0.05, 0.1) is 0 Å². The van der Waals surface area contributed by atoms with Crippen molar-refractivity contribution in [2.75, 3.05) is 19.1 Å². The Morgan fingerprint density at radius 3 is 2.52 bits per heavy atom. The summed E-state index contributed by atoms with van der Waals surface area (Å²) < 4.78 is 13.8. The first kappa shape index (κ1) is 15.8. The maximum absolute atomic E-state index is 13.8. The first-order valence-corrected chi connectivity index (χ1v) is 8.42. The molecule has 2 rings (SSSR count). The highest BCUT2D eigenvalue weighted by Crippen LogP contribution is 2.24. The van der Waals surface area contributed by atoms with Gasteiger partial charge < -0.3 is 4.90 Å². The van der Waals surface area contributed by atoms with Gasteiger partial charge in [0.25, 0.3) is 5.91 Å². The van der Waals surface area contributed by atoms with E-state index in [9.17, 15) is 9.18 Å². The maximum atomic E-state index is 13.8. The Kier molecular flexibility index (Phi) is 5.23. The van der Waals surface area contributed by atoms with E-state index < -0.39 is 0 Å². The average molecular weight is 305 g/mol. The highest BCUT2D eigenvalue weighted by atomic mass is 32.2. The van der Waals surface area contributed by atoms with E-state index >= 15 is 0 Å². The van der Waals surface area contributed by atoms with Gasteiger partial charge in [0.15, 0.2) is 0 Å². The fourth-order valence-corrected chi connectivity index (χ4v) is 3.34. The lowest BCUT2D eigenvalue weighted by Crippen LogP contribution is -2.38. The van der Waals surface area contributed by atoms with Crippen LogP contribution in [0.15, 0.2) is 36.4 Å². The highest BCUT2D eigenvalue weighted by molar-refractivity contribution is 7.98. The van der Waals surface area contributed by atoms with Gasteiger partial charge in [-0.15, -0.1) is 0 Å². The van der Waals surface area contributed by atoms with Gasteiger partial charge in [0, 0.05) is 29.8 Å². The van der Waals surface area contributed by atoms with Crippen LogP contribution >= 0.6 is 11.8 Å². The molecule has 112 valence electrons. The van der Waals surface area contributed by atoms with Crippen molar-refractivity contribution >= 4 is 28.4 Å². The SMILES string of the molecule is CCC(CSC)N(C)C(=O)c1ccc(F)c2ccccc12. The minimum absolute atomic E-state index is 0.0490. The van der Waals surface area contributed by atoms with Crippen molar-refractivity contribution in [2.24, 2.45) is 0 Å². The summed E-state index contributed by atoms with van der Waals surface area (Å²) in [6.45, 7) is 2.08. The third kappa shape index (κ3) is 3.21. The molecule has 0 saturated carbocycles.